The second-order valence-corrected chi connectivity index (χ2v) is 7.65. The lowest BCUT2D eigenvalue weighted by atomic mass is 10.1. The number of fused-ring (bicyclic) bond motifs is 1. The van der Waals surface area contributed by atoms with Gasteiger partial charge < -0.3 is 10.2 Å². The Balaban J connectivity index is 1.84. The van der Waals surface area contributed by atoms with Crippen LogP contribution in [0.4, 0.5) is 0 Å². The SMILES string of the molecule is COc1cc(-c2nc3ccccc3c(=O)n2NCc2ccc(Br)cc2)ccc1C. The molecule has 0 aliphatic heterocycles. The van der Waals surface area contributed by atoms with Gasteiger partial charge in [-0.1, -0.05) is 52.3 Å². The van der Waals surface area contributed by atoms with Crippen molar-refractivity contribution in [1.82, 2.24) is 9.66 Å². The van der Waals surface area contributed by atoms with Gasteiger partial charge in [0.1, 0.15) is 5.75 Å². The predicted molar refractivity (Wildman–Crippen MR) is 120 cm³/mol. The summed E-state index contributed by atoms with van der Waals surface area (Å²) in [6, 6.07) is 21.2. The molecule has 5 nitrogen and oxygen atoms in total. The first kappa shape index (κ1) is 19.2. The fourth-order valence-electron chi connectivity index (χ4n) is 3.20. The van der Waals surface area contributed by atoms with Crippen molar-refractivity contribution in [3.05, 3.63) is 92.7 Å². The van der Waals surface area contributed by atoms with Crippen LogP contribution < -0.4 is 15.7 Å². The van der Waals surface area contributed by atoms with Gasteiger partial charge in [0.05, 0.1) is 24.6 Å². The molecule has 0 radical (unpaired) electrons. The maximum Gasteiger partial charge on any atom is 0.280 e. The van der Waals surface area contributed by atoms with Crippen LogP contribution in [0.15, 0.2) is 76.0 Å². The lowest BCUT2D eigenvalue weighted by Gasteiger charge is -2.16. The van der Waals surface area contributed by atoms with Crippen LogP contribution in [-0.2, 0) is 6.54 Å². The number of para-hydroxylation sites is 1. The lowest BCUT2D eigenvalue weighted by Crippen LogP contribution is -2.31. The zero-order valence-corrected chi connectivity index (χ0v) is 17.7. The van der Waals surface area contributed by atoms with E-state index in [0.717, 1.165) is 26.9 Å². The fraction of sp³-hybridized carbons (Fsp3) is 0.130. The minimum absolute atomic E-state index is 0.137. The number of aromatic nitrogens is 2. The van der Waals surface area contributed by atoms with Crippen LogP contribution in [0.5, 0.6) is 5.75 Å². The van der Waals surface area contributed by atoms with Crippen molar-refractivity contribution in [1.29, 1.82) is 0 Å². The number of nitrogens with zero attached hydrogens (tertiary/aromatic N) is 2. The fourth-order valence-corrected chi connectivity index (χ4v) is 3.47. The van der Waals surface area contributed by atoms with Gasteiger partial charge in [0.2, 0.25) is 0 Å². The largest absolute Gasteiger partial charge is 0.496 e. The number of hydrogen-bond donors (Lipinski definition) is 1. The van der Waals surface area contributed by atoms with Crippen molar-refractivity contribution in [2.45, 2.75) is 13.5 Å². The molecule has 0 unspecified atom stereocenters. The third-order valence-corrected chi connectivity index (χ3v) is 5.33. The summed E-state index contributed by atoms with van der Waals surface area (Å²) in [4.78, 5) is 18.0. The summed E-state index contributed by atoms with van der Waals surface area (Å²) in [6.45, 7) is 2.47. The molecule has 29 heavy (non-hydrogen) atoms. The Morgan fingerprint density at radius 3 is 2.59 bits per heavy atom. The quantitative estimate of drug-likeness (QED) is 0.471. The van der Waals surface area contributed by atoms with Gasteiger partial charge in [-0.2, -0.15) is 0 Å². The number of hydrogen-bond acceptors (Lipinski definition) is 4. The van der Waals surface area contributed by atoms with Gasteiger partial charge in [-0.3, -0.25) is 4.79 Å². The first-order valence-electron chi connectivity index (χ1n) is 9.22. The predicted octanol–water partition coefficient (Wildman–Crippen LogP) is 4.89. The Morgan fingerprint density at radius 2 is 1.83 bits per heavy atom. The smallest absolute Gasteiger partial charge is 0.280 e. The van der Waals surface area contributed by atoms with Gasteiger partial charge in [-0.15, -0.1) is 0 Å². The standard InChI is InChI=1S/C23H20BrN3O2/c1-15-7-10-17(13-21(15)29-2)22-26-20-6-4-3-5-19(20)23(28)27(22)25-14-16-8-11-18(24)12-9-16/h3-13,25H,14H2,1-2H3. The summed E-state index contributed by atoms with van der Waals surface area (Å²) >= 11 is 3.44. The average Bonchev–Trinajstić information content (AvgIpc) is 2.74. The molecule has 3 aromatic carbocycles. The Hall–Kier alpha value is -3.12. The third-order valence-electron chi connectivity index (χ3n) is 4.80. The first-order chi connectivity index (χ1) is 14.1. The van der Waals surface area contributed by atoms with Crippen LogP contribution in [0.2, 0.25) is 0 Å². The summed E-state index contributed by atoms with van der Waals surface area (Å²) < 4.78 is 8.00. The van der Waals surface area contributed by atoms with E-state index in [4.69, 9.17) is 9.72 Å². The Bertz CT molecular complexity index is 1230. The molecule has 6 heteroatoms. The number of rotatable bonds is 5. The van der Waals surface area contributed by atoms with Gasteiger partial charge in [0.15, 0.2) is 5.82 Å². The monoisotopic (exact) mass is 449 g/mol. The number of aryl methyl sites for hydroxylation is 1. The van der Waals surface area contributed by atoms with E-state index < -0.39 is 0 Å². The Labute approximate surface area is 177 Å². The molecule has 0 atom stereocenters. The van der Waals surface area contributed by atoms with E-state index in [2.05, 4.69) is 21.4 Å². The number of ether oxygens (including phenoxy) is 1. The molecular weight excluding hydrogens is 430 g/mol. The molecule has 1 N–H and O–H groups in total. The van der Waals surface area contributed by atoms with E-state index in [9.17, 15) is 4.79 Å². The molecule has 0 bridgehead atoms. The first-order valence-corrected chi connectivity index (χ1v) is 10.0. The van der Waals surface area contributed by atoms with Crippen LogP contribution in [0.25, 0.3) is 22.3 Å². The van der Waals surface area contributed by atoms with E-state index in [1.807, 2.05) is 67.6 Å². The zero-order valence-electron chi connectivity index (χ0n) is 16.1. The summed E-state index contributed by atoms with van der Waals surface area (Å²) in [5.41, 5.74) is 6.65. The molecule has 4 aromatic rings. The maximum atomic E-state index is 13.2. The highest BCUT2D eigenvalue weighted by atomic mass is 79.9. The van der Waals surface area contributed by atoms with Gasteiger partial charge in [0, 0.05) is 10.0 Å². The molecule has 0 amide bonds. The molecule has 0 spiro atoms. The summed E-state index contributed by atoms with van der Waals surface area (Å²) in [7, 11) is 1.64. The van der Waals surface area contributed by atoms with Gasteiger partial charge in [0.25, 0.3) is 5.56 Å². The second-order valence-electron chi connectivity index (χ2n) is 6.74. The van der Waals surface area contributed by atoms with Crippen LogP contribution in [0.1, 0.15) is 11.1 Å². The van der Waals surface area contributed by atoms with Crippen LogP contribution >= 0.6 is 15.9 Å². The Kier molecular flexibility index (Phi) is 5.36. The van der Waals surface area contributed by atoms with Crippen molar-refractivity contribution in [3.63, 3.8) is 0 Å². The van der Waals surface area contributed by atoms with Crippen molar-refractivity contribution < 1.29 is 4.74 Å². The maximum absolute atomic E-state index is 13.2. The lowest BCUT2D eigenvalue weighted by molar-refractivity contribution is 0.412. The van der Waals surface area contributed by atoms with Crippen LogP contribution in [0, 0.1) is 6.92 Å². The van der Waals surface area contributed by atoms with E-state index in [1.54, 1.807) is 13.2 Å². The average molecular weight is 450 g/mol. The summed E-state index contributed by atoms with van der Waals surface area (Å²) in [5.74, 6) is 1.30. The topological polar surface area (TPSA) is 56.1 Å². The van der Waals surface area contributed by atoms with E-state index in [-0.39, 0.29) is 5.56 Å². The summed E-state index contributed by atoms with van der Waals surface area (Å²) in [6.07, 6.45) is 0. The van der Waals surface area contributed by atoms with Crippen molar-refractivity contribution in [3.8, 4) is 17.1 Å². The number of nitrogens with one attached hydrogen (secondary N) is 1. The highest BCUT2D eigenvalue weighted by Crippen LogP contribution is 2.26. The van der Waals surface area contributed by atoms with Crippen molar-refractivity contribution in [2.75, 3.05) is 12.5 Å². The molecule has 1 aromatic heterocycles. The number of methoxy groups -OCH3 is 1. The highest BCUT2D eigenvalue weighted by Gasteiger charge is 2.14. The Morgan fingerprint density at radius 1 is 1.07 bits per heavy atom. The minimum atomic E-state index is -0.137. The zero-order chi connectivity index (χ0) is 20.4. The van der Waals surface area contributed by atoms with Gasteiger partial charge in [-0.25, -0.2) is 9.66 Å². The molecule has 4 rings (SSSR count). The molecule has 1 heterocycles. The van der Waals surface area contributed by atoms with Crippen molar-refractivity contribution in [2.24, 2.45) is 0 Å². The third kappa shape index (κ3) is 3.89. The molecular formula is C23H20BrN3O2. The summed E-state index contributed by atoms with van der Waals surface area (Å²) in [5, 5.41) is 0.568. The molecule has 0 aliphatic rings. The van der Waals surface area contributed by atoms with Crippen molar-refractivity contribution >= 4 is 26.8 Å². The van der Waals surface area contributed by atoms with Gasteiger partial charge in [-0.05, 0) is 48.4 Å². The highest BCUT2D eigenvalue weighted by molar-refractivity contribution is 9.10. The van der Waals surface area contributed by atoms with E-state index in [0.29, 0.717) is 23.3 Å². The minimum Gasteiger partial charge on any atom is -0.496 e. The van der Waals surface area contributed by atoms with E-state index >= 15 is 0 Å². The molecule has 0 fully saturated rings. The molecule has 146 valence electrons. The van der Waals surface area contributed by atoms with Crippen LogP contribution in [0.3, 0.4) is 0 Å². The second kappa shape index (κ2) is 8.09. The number of benzene rings is 3. The molecule has 0 aliphatic carbocycles. The van der Waals surface area contributed by atoms with Gasteiger partial charge >= 0.3 is 0 Å². The molecule has 0 saturated heterocycles. The number of halogens is 1. The normalized spacial score (nSPS) is 10.9. The van der Waals surface area contributed by atoms with E-state index in [1.165, 1.54) is 4.68 Å². The van der Waals surface area contributed by atoms with Crippen LogP contribution in [-0.4, -0.2) is 16.8 Å². The molecule has 0 saturated carbocycles.